The molecule has 2 aromatic carbocycles. The zero-order valence-corrected chi connectivity index (χ0v) is 14.0. The van der Waals surface area contributed by atoms with Crippen LogP contribution >= 0.6 is 27.3 Å². The topological polar surface area (TPSA) is 0 Å². The first-order chi connectivity index (χ1) is 10.1. The molecule has 3 aromatic rings. The summed E-state index contributed by atoms with van der Waals surface area (Å²) in [7, 11) is 0. The highest BCUT2D eigenvalue weighted by atomic mass is 79.9. The highest BCUT2D eigenvalue weighted by Crippen LogP contribution is 2.30. The Balaban J connectivity index is 1.83. The molecule has 0 N–H and O–H groups in total. The van der Waals surface area contributed by atoms with Crippen LogP contribution in [0, 0.1) is 12.7 Å². The molecule has 21 heavy (non-hydrogen) atoms. The molecule has 1 aromatic heterocycles. The molecule has 0 unspecified atom stereocenters. The Labute approximate surface area is 136 Å². The molecular formula is C18H14BrFS. The monoisotopic (exact) mass is 360 g/mol. The summed E-state index contributed by atoms with van der Waals surface area (Å²) in [6.07, 6.45) is 0.935. The summed E-state index contributed by atoms with van der Waals surface area (Å²) >= 11 is 5.26. The zero-order chi connectivity index (χ0) is 14.8. The Morgan fingerprint density at radius 2 is 1.76 bits per heavy atom. The fourth-order valence-electron chi connectivity index (χ4n) is 2.29. The molecule has 0 aliphatic carbocycles. The normalized spacial score (nSPS) is 10.8. The lowest BCUT2D eigenvalue weighted by Crippen LogP contribution is -1.88. The number of halogens is 2. The smallest absolute Gasteiger partial charge is 0.123 e. The van der Waals surface area contributed by atoms with Gasteiger partial charge in [-0.05, 0) is 60.0 Å². The van der Waals surface area contributed by atoms with Crippen molar-refractivity contribution >= 4 is 27.3 Å². The maximum atomic E-state index is 13.0. The van der Waals surface area contributed by atoms with E-state index in [2.05, 4.69) is 53.2 Å². The summed E-state index contributed by atoms with van der Waals surface area (Å²) in [4.78, 5) is 2.50. The van der Waals surface area contributed by atoms with Gasteiger partial charge in [0, 0.05) is 20.6 Å². The van der Waals surface area contributed by atoms with Gasteiger partial charge >= 0.3 is 0 Å². The standard InChI is InChI=1S/C18H14BrFS/c1-12-10-15(19)5-2-14(12)11-17-8-9-18(21-17)13-3-6-16(20)7-4-13/h2-10H,11H2,1H3. The van der Waals surface area contributed by atoms with Crippen LogP contribution in [0.3, 0.4) is 0 Å². The van der Waals surface area contributed by atoms with Crippen molar-refractivity contribution in [2.45, 2.75) is 13.3 Å². The molecule has 1 heterocycles. The van der Waals surface area contributed by atoms with Gasteiger partial charge in [-0.1, -0.05) is 34.1 Å². The molecule has 0 aliphatic rings. The van der Waals surface area contributed by atoms with Crippen LogP contribution in [0.5, 0.6) is 0 Å². The average Bonchev–Trinajstić information content (AvgIpc) is 2.91. The SMILES string of the molecule is Cc1cc(Br)ccc1Cc1ccc(-c2ccc(F)cc2)s1. The third-order valence-corrected chi connectivity index (χ3v) is 5.09. The van der Waals surface area contributed by atoms with Crippen molar-refractivity contribution in [1.82, 2.24) is 0 Å². The van der Waals surface area contributed by atoms with Crippen LogP contribution in [0.1, 0.15) is 16.0 Å². The largest absolute Gasteiger partial charge is 0.207 e. The zero-order valence-electron chi connectivity index (χ0n) is 11.6. The second-order valence-electron chi connectivity index (χ2n) is 5.02. The summed E-state index contributed by atoms with van der Waals surface area (Å²) < 4.78 is 14.1. The second kappa shape index (κ2) is 6.12. The minimum atomic E-state index is -0.194. The van der Waals surface area contributed by atoms with Crippen molar-refractivity contribution in [3.05, 3.63) is 80.9 Å². The van der Waals surface area contributed by atoms with Crippen LogP contribution in [-0.4, -0.2) is 0 Å². The first kappa shape index (κ1) is 14.5. The number of benzene rings is 2. The minimum Gasteiger partial charge on any atom is -0.207 e. The lowest BCUT2D eigenvalue weighted by Gasteiger charge is -2.04. The number of hydrogen-bond acceptors (Lipinski definition) is 1. The molecule has 0 aliphatic heterocycles. The fraction of sp³-hybridized carbons (Fsp3) is 0.111. The van der Waals surface area contributed by atoms with Crippen LogP contribution in [-0.2, 0) is 6.42 Å². The average molecular weight is 361 g/mol. The fourth-order valence-corrected chi connectivity index (χ4v) is 3.80. The van der Waals surface area contributed by atoms with Crippen LogP contribution in [0.15, 0.2) is 59.1 Å². The van der Waals surface area contributed by atoms with Gasteiger partial charge in [-0.25, -0.2) is 4.39 Å². The summed E-state index contributed by atoms with van der Waals surface area (Å²) in [5.74, 6) is -0.194. The summed E-state index contributed by atoms with van der Waals surface area (Å²) in [6, 6.07) is 17.3. The first-order valence-electron chi connectivity index (χ1n) is 6.71. The lowest BCUT2D eigenvalue weighted by molar-refractivity contribution is 0.628. The third-order valence-electron chi connectivity index (χ3n) is 3.46. The van der Waals surface area contributed by atoms with Gasteiger partial charge in [-0.2, -0.15) is 0 Å². The van der Waals surface area contributed by atoms with Crippen LogP contribution in [0.4, 0.5) is 4.39 Å². The van der Waals surface area contributed by atoms with E-state index in [-0.39, 0.29) is 5.82 Å². The number of hydrogen-bond donors (Lipinski definition) is 0. The molecule has 0 fully saturated rings. The molecule has 3 heteroatoms. The van der Waals surface area contributed by atoms with Crippen molar-refractivity contribution in [3.8, 4) is 10.4 Å². The maximum absolute atomic E-state index is 13.0. The van der Waals surface area contributed by atoms with Gasteiger partial charge in [-0.15, -0.1) is 11.3 Å². The van der Waals surface area contributed by atoms with Crippen molar-refractivity contribution in [3.63, 3.8) is 0 Å². The highest BCUT2D eigenvalue weighted by molar-refractivity contribution is 9.10. The summed E-state index contributed by atoms with van der Waals surface area (Å²) in [6.45, 7) is 2.13. The molecule has 106 valence electrons. The van der Waals surface area contributed by atoms with Crippen molar-refractivity contribution in [2.75, 3.05) is 0 Å². The first-order valence-corrected chi connectivity index (χ1v) is 8.32. The van der Waals surface area contributed by atoms with E-state index in [1.165, 1.54) is 33.0 Å². The van der Waals surface area contributed by atoms with Crippen molar-refractivity contribution < 1.29 is 4.39 Å². The summed E-state index contributed by atoms with van der Waals surface area (Å²) in [5.41, 5.74) is 3.70. The van der Waals surface area contributed by atoms with Gasteiger partial charge in [0.25, 0.3) is 0 Å². The van der Waals surface area contributed by atoms with Gasteiger partial charge in [0.05, 0.1) is 0 Å². The van der Waals surface area contributed by atoms with Crippen molar-refractivity contribution in [2.24, 2.45) is 0 Å². The predicted molar refractivity (Wildman–Crippen MR) is 91.4 cm³/mol. The van der Waals surface area contributed by atoms with E-state index in [4.69, 9.17) is 0 Å². The number of aryl methyl sites for hydroxylation is 1. The minimum absolute atomic E-state index is 0.194. The Bertz CT molecular complexity index is 759. The van der Waals surface area contributed by atoms with E-state index in [0.717, 1.165) is 16.5 Å². The van der Waals surface area contributed by atoms with E-state index in [0.29, 0.717) is 0 Å². The van der Waals surface area contributed by atoms with Crippen LogP contribution in [0.25, 0.3) is 10.4 Å². The van der Waals surface area contributed by atoms with Crippen LogP contribution in [0.2, 0.25) is 0 Å². The Morgan fingerprint density at radius 1 is 1.00 bits per heavy atom. The molecule has 0 nitrogen and oxygen atoms in total. The predicted octanol–water partition coefficient (Wildman–Crippen LogP) is 6.22. The molecule has 0 atom stereocenters. The van der Waals surface area contributed by atoms with Crippen LogP contribution < -0.4 is 0 Å². The van der Waals surface area contributed by atoms with Gasteiger partial charge in [0.2, 0.25) is 0 Å². The van der Waals surface area contributed by atoms with E-state index >= 15 is 0 Å². The summed E-state index contributed by atoms with van der Waals surface area (Å²) in [5, 5.41) is 0. The van der Waals surface area contributed by atoms with Gasteiger partial charge in [0.15, 0.2) is 0 Å². The molecule has 0 radical (unpaired) electrons. The Kier molecular flexibility index (Phi) is 4.22. The van der Waals surface area contributed by atoms with Gasteiger partial charge < -0.3 is 0 Å². The van der Waals surface area contributed by atoms with E-state index in [1.807, 2.05) is 12.1 Å². The molecular weight excluding hydrogens is 347 g/mol. The van der Waals surface area contributed by atoms with Crippen molar-refractivity contribution in [1.29, 1.82) is 0 Å². The molecule has 0 amide bonds. The molecule has 0 saturated heterocycles. The number of thiophene rings is 1. The highest BCUT2D eigenvalue weighted by Gasteiger charge is 2.06. The quantitative estimate of drug-likeness (QED) is 0.520. The lowest BCUT2D eigenvalue weighted by atomic mass is 10.1. The molecule has 0 saturated carbocycles. The maximum Gasteiger partial charge on any atom is 0.123 e. The molecule has 0 bridgehead atoms. The van der Waals surface area contributed by atoms with Gasteiger partial charge in [-0.3, -0.25) is 0 Å². The van der Waals surface area contributed by atoms with E-state index < -0.39 is 0 Å². The second-order valence-corrected chi connectivity index (χ2v) is 7.10. The Hall–Kier alpha value is -1.45. The molecule has 3 rings (SSSR count). The van der Waals surface area contributed by atoms with Gasteiger partial charge in [0.1, 0.15) is 5.82 Å². The third kappa shape index (κ3) is 3.42. The Morgan fingerprint density at radius 3 is 2.48 bits per heavy atom. The number of rotatable bonds is 3. The molecule has 0 spiro atoms. The van der Waals surface area contributed by atoms with E-state index in [9.17, 15) is 4.39 Å². The van der Waals surface area contributed by atoms with E-state index in [1.54, 1.807) is 11.3 Å².